The van der Waals surface area contributed by atoms with Gasteiger partial charge in [0.15, 0.2) is 0 Å². The van der Waals surface area contributed by atoms with Crippen LogP contribution >= 0.6 is 11.3 Å². The third-order valence-electron chi connectivity index (χ3n) is 3.01. The summed E-state index contributed by atoms with van der Waals surface area (Å²) >= 11 is 1.73. The molecule has 1 unspecified atom stereocenters. The standard InChI is InChI=1S/C15H21N3S/c1-3-5-11-13-17-18-15(19-13)14(16-4-2)12-9-7-6-8-10-12/h6-10,14,16H,3-5,11H2,1-2H3. The lowest BCUT2D eigenvalue weighted by molar-refractivity contribution is 0.621. The Kier molecular flexibility index (Phi) is 5.48. The van der Waals surface area contributed by atoms with Crippen LogP contribution in [0.25, 0.3) is 0 Å². The first-order valence-electron chi connectivity index (χ1n) is 6.95. The molecule has 0 aliphatic heterocycles. The number of nitrogens with zero attached hydrogens (tertiary/aromatic N) is 2. The SMILES string of the molecule is CCCCc1nnc(C(NCC)c2ccccc2)s1. The van der Waals surface area contributed by atoms with E-state index in [0.29, 0.717) is 0 Å². The van der Waals surface area contributed by atoms with Crippen molar-refractivity contribution in [1.29, 1.82) is 0 Å². The van der Waals surface area contributed by atoms with Gasteiger partial charge in [-0.15, -0.1) is 10.2 Å². The maximum atomic E-state index is 4.37. The lowest BCUT2D eigenvalue weighted by Crippen LogP contribution is -2.21. The summed E-state index contributed by atoms with van der Waals surface area (Å²) in [6.45, 7) is 5.24. The Morgan fingerprint density at radius 3 is 2.63 bits per heavy atom. The number of unbranched alkanes of at least 4 members (excludes halogenated alkanes) is 1. The van der Waals surface area contributed by atoms with Gasteiger partial charge in [0.25, 0.3) is 0 Å². The zero-order valence-corrected chi connectivity index (χ0v) is 12.4. The van der Waals surface area contributed by atoms with E-state index in [1.807, 2.05) is 6.07 Å². The second-order valence-electron chi connectivity index (χ2n) is 4.54. The molecule has 0 saturated carbocycles. The summed E-state index contributed by atoms with van der Waals surface area (Å²) in [4.78, 5) is 0. The first-order valence-corrected chi connectivity index (χ1v) is 7.77. The third-order valence-corrected chi connectivity index (χ3v) is 4.06. The Hall–Kier alpha value is -1.26. The van der Waals surface area contributed by atoms with E-state index in [4.69, 9.17) is 0 Å². The Balaban J connectivity index is 2.17. The zero-order valence-electron chi connectivity index (χ0n) is 11.6. The summed E-state index contributed by atoms with van der Waals surface area (Å²) in [5.74, 6) is 0. The minimum atomic E-state index is 0.166. The van der Waals surface area contributed by atoms with Gasteiger partial charge >= 0.3 is 0 Å². The van der Waals surface area contributed by atoms with Gasteiger partial charge in [0, 0.05) is 6.42 Å². The summed E-state index contributed by atoms with van der Waals surface area (Å²) in [6, 6.07) is 10.6. The molecule has 0 radical (unpaired) electrons. The smallest absolute Gasteiger partial charge is 0.139 e. The third kappa shape index (κ3) is 3.85. The van der Waals surface area contributed by atoms with Gasteiger partial charge in [-0.25, -0.2) is 0 Å². The molecule has 0 fully saturated rings. The fourth-order valence-corrected chi connectivity index (χ4v) is 3.00. The fraction of sp³-hybridized carbons (Fsp3) is 0.467. The quantitative estimate of drug-likeness (QED) is 0.839. The molecule has 1 aromatic heterocycles. The zero-order chi connectivity index (χ0) is 13.5. The van der Waals surface area contributed by atoms with Gasteiger partial charge in [-0.3, -0.25) is 0 Å². The van der Waals surface area contributed by atoms with Gasteiger partial charge in [0.2, 0.25) is 0 Å². The molecule has 1 atom stereocenters. The van der Waals surface area contributed by atoms with Crippen molar-refractivity contribution in [2.75, 3.05) is 6.54 Å². The van der Waals surface area contributed by atoms with Crippen LogP contribution in [0.15, 0.2) is 30.3 Å². The van der Waals surface area contributed by atoms with Gasteiger partial charge in [0.05, 0.1) is 6.04 Å². The van der Waals surface area contributed by atoms with Crippen LogP contribution in [0.5, 0.6) is 0 Å². The molecule has 0 spiro atoms. The Morgan fingerprint density at radius 2 is 1.95 bits per heavy atom. The Labute approximate surface area is 119 Å². The number of hydrogen-bond acceptors (Lipinski definition) is 4. The van der Waals surface area contributed by atoms with E-state index in [9.17, 15) is 0 Å². The molecule has 2 aromatic rings. The minimum Gasteiger partial charge on any atom is -0.304 e. The van der Waals surface area contributed by atoms with Crippen LogP contribution in [0, 0.1) is 0 Å². The molecule has 1 aromatic carbocycles. The molecular formula is C15H21N3S. The number of nitrogens with one attached hydrogen (secondary N) is 1. The lowest BCUT2D eigenvalue weighted by Gasteiger charge is -2.14. The molecule has 0 saturated heterocycles. The molecule has 1 N–H and O–H groups in total. The van der Waals surface area contributed by atoms with Crippen LogP contribution in [0.3, 0.4) is 0 Å². The van der Waals surface area contributed by atoms with Gasteiger partial charge in [-0.2, -0.15) is 0 Å². The predicted octanol–water partition coefficient (Wildman–Crippen LogP) is 3.58. The number of rotatable bonds is 7. The Bertz CT molecular complexity index is 481. The van der Waals surface area contributed by atoms with E-state index >= 15 is 0 Å². The minimum absolute atomic E-state index is 0.166. The van der Waals surface area contributed by atoms with E-state index in [1.165, 1.54) is 18.4 Å². The van der Waals surface area contributed by atoms with E-state index in [-0.39, 0.29) is 6.04 Å². The summed E-state index contributed by atoms with van der Waals surface area (Å²) in [5.41, 5.74) is 1.25. The van der Waals surface area contributed by atoms with Crippen molar-refractivity contribution < 1.29 is 0 Å². The normalized spacial score (nSPS) is 12.5. The van der Waals surface area contributed by atoms with Crippen LogP contribution < -0.4 is 5.32 Å². The molecule has 19 heavy (non-hydrogen) atoms. The maximum Gasteiger partial charge on any atom is 0.139 e. The van der Waals surface area contributed by atoms with Crippen molar-refractivity contribution in [3.63, 3.8) is 0 Å². The number of benzene rings is 1. The van der Waals surface area contributed by atoms with Crippen molar-refractivity contribution >= 4 is 11.3 Å². The van der Waals surface area contributed by atoms with Crippen molar-refractivity contribution in [3.05, 3.63) is 45.9 Å². The first-order chi connectivity index (χ1) is 9.35. The molecule has 0 aliphatic rings. The van der Waals surface area contributed by atoms with Crippen molar-refractivity contribution in [1.82, 2.24) is 15.5 Å². The summed E-state index contributed by atoms with van der Waals surface area (Å²) in [6.07, 6.45) is 3.43. The van der Waals surface area contributed by atoms with E-state index < -0.39 is 0 Å². The molecule has 1 heterocycles. The summed E-state index contributed by atoms with van der Waals surface area (Å²) in [5, 5.41) is 14.4. The second kappa shape index (κ2) is 7.36. The van der Waals surface area contributed by atoms with E-state index in [2.05, 4.69) is 53.6 Å². The molecule has 102 valence electrons. The largest absolute Gasteiger partial charge is 0.304 e. The maximum absolute atomic E-state index is 4.37. The number of aryl methyl sites for hydroxylation is 1. The van der Waals surface area contributed by atoms with Crippen molar-refractivity contribution in [3.8, 4) is 0 Å². The molecule has 2 rings (SSSR count). The molecule has 0 bridgehead atoms. The van der Waals surface area contributed by atoms with Gasteiger partial charge < -0.3 is 5.32 Å². The van der Waals surface area contributed by atoms with Crippen molar-refractivity contribution in [2.24, 2.45) is 0 Å². The topological polar surface area (TPSA) is 37.8 Å². The lowest BCUT2D eigenvalue weighted by atomic mass is 10.1. The Morgan fingerprint density at radius 1 is 1.16 bits per heavy atom. The highest BCUT2D eigenvalue weighted by atomic mass is 32.1. The van der Waals surface area contributed by atoms with Crippen LogP contribution in [0.2, 0.25) is 0 Å². The van der Waals surface area contributed by atoms with Gasteiger partial charge in [0.1, 0.15) is 10.0 Å². The van der Waals surface area contributed by atoms with E-state index in [1.54, 1.807) is 11.3 Å². The molecule has 4 heteroatoms. The first kappa shape index (κ1) is 14.2. The number of aromatic nitrogens is 2. The average molecular weight is 275 g/mol. The highest BCUT2D eigenvalue weighted by molar-refractivity contribution is 7.11. The molecular weight excluding hydrogens is 254 g/mol. The van der Waals surface area contributed by atoms with Crippen LogP contribution in [-0.4, -0.2) is 16.7 Å². The highest BCUT2D eigenvalue weighted by Crippen LogP contribution is 2.25. The average Bonchev–Trinajstić information content (AvgIpc) is 2.92. The van der Waals surface area contributed by atoms with Gasteiger partial charge in [-0.1, -0.05) is 61.9 Å². The van der Waals surface area contributed by atoms with Crippen LogP contribution in [-0.2, 0) is 6.42 Å². The van der Waals surface area contributed by atoms with Crippen LogP contribution in [0.1, 0.15) is 48.3 Å². The second-order valence-corrected chi connectivity index (χ2v) is 5.63. The van der Waals surface area contributed by atoms with E-state index in [0.717, 1.165) is 23.0 Å². The molecule has 3 nitrogen and oxygen atoms in total. The van der Waals surface area contributed by atoms with Crippen LogP contribution in [0.4, 0.5) is 0 Å². The summed E-state index contributed by atoms with van der Waals surface area (Å²) < 4.78 is 0. The number of hydrogen-bond donors (Lipinski definition) is 1. The predicted molar refractivity (Wildman–Crippen MR) is 80.5 cm³/mol. The summed E-state index contributed by atoms with van der Waals surface area (Å²) in [7, 11) is 0. The molecule has 0 aliphatic carbocycles. The van der Waals surface area contributed by atoms with Gasteiger partial charge in [-0.05, 0) is 18.5 Å². The molecule has 0 amide bonds. The van der Waals surface area contributed by atoms with Crippen molar-refractivity contribution in [2.45, 2.75) is 39.2 Å². The highest BCUT2D eigenvalue weighted by Gasteiger charge is 2.17. The monoisotopic (exact) mass is 275 g/mol. The fourth-order valence-electron chi connectivity index (χ4n) is 2.01.